The van der Waals surface area contributed by atoms with Gasteiger partial charge in [-0.25, -0.2) is 0 Å². The normalized spacial score (nSPS) is 19.5. The van der Waals surface area contributed by atoms with Crippen molar-refractivity contribution in [2.24, 2.45) is 0 Å². The summed E-state index contributed by atoms with van der Waals surface area (Å²) in [6, 6.07) is 18.2. The van der Waals surface area contributed by atoms with E-state index in [9.17, 15) is 9.59 Å². The second kappa shape index (κ2) is 6.59. The van der Waals surface area contributed by atoms with Crippen LogP contribution in [0.3, 0.4) is 0 Å². The highest BCUT2D eigenvalue weighted by Crippen LogP contribution is 2.35. The van der Waals surface area contributed by atoms with Gasteiger partial charge in [0.25, 0.3) is 5.91 Å². The molecule has 0 aliphatic carbocycles. The summed E-state index contributed by atoms with van der Waals surface area (Å²) < 4.78 is 5.17. The summed E-state index contributed by atoms with van der Waals surface area (Å²) in [5.74, 6) is -0.396. The first-order chi connectivity index (χ1) is 12.2. The number of amides is 1. The van der Waals surface area contributed by atoms with Gasteiger partial charge in [-0.3, -0.25) is 9.59 Å². The number of hydrogen-bond acceptors (Lipinski definition) is 4. The molecule has 0 spiro atoms. The molecule has 4 rings (SSSR count). The van der Waals surface area contributed by atoms with E-state index in [0.29, 0.717) is 19.4 Å². The van der Waals surface area contributed by atoms with Gasteiger partial charge in [0.05, 0.1) is 11.4 Å². The smallest absolute Gasteiger partial charge is 0.306 e. The molecule has 5 nitrogen and oxygen atoms in total. The molecular formula is C20H20N2O3. The molecular weight excluding hydrogens is 316 g/mol. The van der Waals surface area contributed by atoms with Crippen molar-refractivity contribution in [3.8, 4) is 0 Å². The lowest BCUT2D eigenvalue weighted by Crippen LogP contribution is -2.47. The van der Waals surface area contributed by atoms with E-state index in [1.165, 1.54) is 5.56 Å². The Balaban J connectivity index is 1.58. The monoisotopic (exact) mass is 336 g/mol. The number of cyclic esters (lactones) is 1. The van der Waals surface area contributed by atoms with Crippen LogP contribution in [-0.4, -0.2) is 31.1 Å². The zero-order valence-corrected chi connectivity index (χ0v) is 13.9. The predicted octanol–water partition coefficient (Wildman–Crippen LogP) is 2.75. The Hall–Kier alpha value is -2.82. The van der Waals surface area contributed by atoms with Crippen LogP contribution in [0.1, 0.15) is 18.4 Å². The van der Waals surface area contributed by atoms with Gasteiger partial charge in [-0.15, -0.1) is 0 Å². The van der Waals surface area contributed by atoms with Crippen LogP contribution in [0.5, 0.6) is 0 Å². The Bertz CT molecular complexity index is 791. The first kappa shape index (κ1) is 15.7. The van der Waals surface area contributed by atoms with Crippen molar-refractivity contribution in [1.29, 1.82) is 0 Å². The number of benzene rings is 2. The van der Waals surface area contributed by atoms with Crippen molar-refractivity contribution in [3.05, 3.63) is 60.2 Å². The van der Waals surface area contributed by atoms with E-state index >= 15 is 0 Å². The van der Waals surface area contributed by atoms with E-state index in [4.69, 9.17) is 4.74 Å². The molecule has 0 bridgehead atoms. The average Bonchev–Trinajstić information content (AvgIpc) is 3.09. The number of anilines is 2. The number of para-hydroxylation sites is 2. The summed E-state index contributed by atoms with van der Waals surface area (Å²) in [5, 5.41) is 0. The lowest BCUT2D eigenvalue weighted by atomic mass is 10.1. The van der Waals surface area contributed by atoms with Crippen molar-refractivity contribution in [1.82, 2.24) is 0 Å². The molecule has 0 unspecified atom stereocenters. The van der Waals surface area contributed by atoms with E-state index in [2.05, 4.69) is 17.0 Å². The maximum Gasteiger partial charge on any atom is 0.306 e. The van der Waals surface area contributed by atoms with Gasteiger partial charge in [0, 0.05) is 32.5 Å². The van der Waals surface area contributed by atoms with Crippen LogP contribution in [0, 0.1) is 0 Å². The minimum Gasteiger partial charge on any atom is -0.452 e. The van der Waals surface area contributed by atoms with Crippen molar-refractivity contribution in [2.45, 2.75) is 25.5 Å². The van der Waals surface area contributed by atoms with Crippen LogP contribution in [-0.2, 0) is 20.9 Å². The number of hydrogen-bond donors (Lipinski definition) is 0. The van der Waals surface area contributed by atoms with Gasteiger partial charge in [0.15, 0.2) is 6.10 Å². The molecule has 2 aromatic rings. The standard InChI is InChI=1S/C20H20N2O3/c23-19-11-10-18(25-19)20(24)22-13-12-21(14-15-6-2-1-3-7-15)16-8-4-5-9-17(16)22/h1-9,18H,10-14H2/t18-/m0/s1. The molecule has 0 aromatic heterocycles. The zero-order valence-electron chi connectivity index (χ0n) is 13.9. The van der Waals surface area contributed by atoms with E-state index in [1.807, 2.05) is 42.5 Å². The molecule has 2 aliphatic heterocycles. The maximum atomic E-state index is 12.8. The molecule has 1 fully saturated rings. The Morgan fingerprint density at radius 2 is 1.72 bits per heavy atom. The molecule has 0 N–H and O–H groups in total. The highest BCUT2D eigenvalue weighted by atomic mass is 16.6. The first-order valence-corrected chi connectivity index (χ1v) is 8.61. The molecule has 5 heteroatoms. The topological polar surface area (TPSA) is 49.9 Å². The number of carbonyl (C=O) groups excluding carboxylic acids is 2. The Morgan fingerprint density at radius 1 is 1.00 bits per heavy atom. The highest BCUT2D eigenvalue weighted by molar-refractivity contribution is 6.02. The van der Waals surface area contributed by atoms with Crippen LogP contribution in [0.15, 0.2) is 54.6 Å². The maximum absolute atomic E-state index is 12.8. The van der Waals surface area contributed by atoms with Crippen LogP contribution >= 0.6 is 0 Å². The second-order valence-electron chi connectivity index (χ2n) is 6.40. The molecule has 2 aromatic carbocycles. The molecule has 2 aliphatic rings. The van der Waals surface area contributed by atoms with Crippen molar-refractivity contribution < 1.29 is 14.3 Å². The quantitative estimate of drug-likeness (QED) is 0.809. The fraction of sp³-hybridized carbons (Fsp3) is 0.300. The zero-order chi connectivity index (χ0) is 17.2. The first-order valence-electron chi connectivity index (χ1n) is 8.61. The third-order valence-electron chi connectivity index (χ3n) is 4.75. The van der Waals surface area contributed by atoms with Crippen LogP contribution < -0.4 is 9.80 Å². The summed E-state index contributed by atoms with van der Waals surface area (Å²) >= 11 is 0. The second-order valence-corrected chi connectivity index (χ2v) is 6.40. The van der Waals surface area contributed by atoms with Crippen LogP contribution in [0.4, 0.5) is 11.4 Å². The predicted molar refractivity (Wildman–Crippen MR) is 95.4 cm³/mol. The van der Waals surface area contributed by atoms with Crippen molar-refractivity contribution in [3.63, 3.8) is 0 Å². The molecule has 2 heterocycles. The molecule has 1 atom stereocenters. The summed E-state index contributed by atoms with van der Waals surface area (Å²) in [6.45, 7) is 2.15. The number of ether oxygens (including phenoxy) is 1. The molecule has 0 radical (unpaired) electrons. The Labute approximate surface area is 146 Å². The molecule has 1 saturated heterocycles. The molecule has 1 amide bonds. The molecule has 0 saturated carbocycles. The van der Waals surface area contributed by atoms with E-state index in [-0.39, 0.29) is 11.9 Å². The van der Waals surface area contributed by atoms with Crippen molar-refractivity contribution >= 4 is 23.3 Å². The van der Waals surface area contributed by atoms with Gasteiger partial charge in [-0.1, -0.05) is 42.5 Å². The van der Waals surface area contributed by atoms with E-state index in [1.54, 1.807) is 4.90 Å². The third-order valence-corrected chi connectivity index (χ3v) is 4.75. The van der Waals surface area contributed by atoms with Crippen LogP contribution in [0.2, 0.25) is 0 Å². The fourth-order valence-corrected chi connectivity index (χ4v) is 3.49. The number of rotatable bonds is 3. The average molecular weight is 336 g/mol. The van der Waals surface area contributed by atoms with Gasteiger partial charge in [-0.2, -0.15) is 0 Å². The fourth-order valence-electron chi connectivity index (χ4n) is 3.49. The number of fused-ring (bicyclic) bond motifs is 1. The van der Waals surface area contributed by atoms with Gasteiger partial charge in [-0.05, 0) is 17.7 Å². The van der Waals surface area contributed by atoms with Gasteiger partial charge in [0.1, 0.15) is 0 Å². The van der Waals surface area contributed by atoms with E-state index < -0.39 is 6.10 Å². The summed E-state index contributed by atoms with van der Waals surface area (Å²) in [7, 11) is 0. The van der Waals surface area contributed by atoms with Gasteiger partial charge >= 0.3 is 5.97 Å². The number of carbonyl (C=O) groups is 2. The molecule has 25 heavy (non-hydrogen) atoms. The number of esters is 1. The Morgan fingerprint density at radius 3 is 2.44 bits per heavy atom. The summed E-state index contributed by atoms with van der Waals surface area (Å²) in [6.07, 6.45) is 0.164. The lowest BCUT2D eigenvalue weighted by molar-refractivity contribution is -0.147. The SMILES string of the molecule is O=C1CC[C@@H](C(=O)N2CCN(Cc3ccccc3)c3ccccc32)O1. The minimum absolute atomic E-state index is 0.113. The van der Waals surface area contributed by atoms with Gasteiger partial charge < -0.3 is 14.5 Å². The van der Waals surface area contributed by atoms with Gasteiger partial charge in [0.2, 0.25) is 0 Å². The summed E-state index contributed by atoms with van der Waals surface area (Å²) in [5.41, 5.74) is 3.16. The third kappa shape index (κ3) is 3.09. The van der Waals surface area contributed by atoms with Crippen LogP contribution in [0.25, 0.3) is 0 Å². The molecule has 128 valence electrons. The minimum atomic E-state index is -0.638. The highest BCUT2D eigenvalue weighted by Gasteiger charge is 2.36. The summed E-state index contributed by atoms with van der Waals surface area (Å²) in [4.78, 5) is 28.2. The lowest BCUT2D eigenvalue weighted by Gasteiger charge is -2.38. The van der Waals surface area contributed by atoms with Crippen molar-refractivity contribution in [2.75, 3.05) is 22.9 Å². The largest absolute Gasteiger partial charge is 0.452 e. The number of nitrogens with zero attached hydrogens (tertiary/aromatic N) is 2. The van der Waals surface area contributed by atoms with E-state index in [0.717, 1.165) is 24.5 Å². The Kier molecular flexibility index (Phi) is 4.14.